The van der Waals surface area contributed by atoms with E-state index in [0.717, 1.165) is 22.5 Å². The molecular weight excluding hydrogens is 334 g/mol. The summed E-state index contributed by atoms with van der Waals surface area (Å²) in [5, 5.41) is 4.24. The first-order valence-corrected chi connectivity index (χ1v) is 8.82. The Morgan fingerprint density at radius 2 is 1.33 bits per heavy atom. The number of hydrogen-bond acceptors (Lipinski definition) is 3. The van der Waals surface area contributed by atoms with Gasteiger partial charge in [0.15, 0.2) is 0 Å². The fourth-order valence-electron chi connectivity index (χ4n) is 2.71. The summed E-state index contributed by atoms with van der Waals surface area (Å²) in [7, 11) is 3.93. The van der Waals surface area contributed by atoms with Gasteiger partial charge in [-0.1, -0.05) is 54.6 Å². The van der Waals surface area contributed by atoms with Crippen LogP contribution in [0.5, 0.6) is 0 Å². The normalized spacial score (nSPS) is 11.1. The maximum Gasteiger partial charge on any atom is 0.271 e. The topological polar surface area (TPSA) is 44.7 Å². The van der Waals surface area contributed by atoms with Gasteiger partial charge in [-0.05, 0) is 47.9 Å². The van der Waals surface area contributed by atoms with Gasteiger partial charge in [0.2, 0.25) is 0 Å². The van der Waals surface area contributed by atoms with Gasteiger partial charge in [-0.15, -0.1) is 0 Å². The molecule has 27 heavy (non-hydrogen) atoms. The minimum Gasteiger partial charge on any atom is -0.378 e. The van der Waals surface area contributed by atoms with Crippen molar-refractivity contribution in [3.63, 3.8) is 0 Å². The van der Waals surface area contributed by atoms with Crippen LogP contribution in [0.2, 0.25) is 0 Å². The fourth-order valence-corrected chi connectivity index (χ4v) is 2.71. The standard InChI is InChI=1S/C23H23N3O/c1-17(18-9-11-20(12-10-18)19-7-5-4-6-8-19)24-25-23(27)21-13-15-22(16-14-21)26(2)3/h4-16H,1-3H3,(H,25,27)/b24-17+. The van der Waals surface area contributed by atoms with E-state index in [9.17, 15) is 4.79 Å². The van der Waals surface area contributed by atoms with Gasteiger partial charge in [-0.2, -0.15) is 5.10 Å². The molecule has 0 aliphatic carbocycles. The molecular formula is C23H23N3O. The van der Waals surface area contributed by atoms with E-state index in [1.807, 2.05) is 68.4 Å². The molecule has 0 radical (unpaired) electrons. The molecule has 0 spiro atoms. The monoisotopic (exact) mass is 357 g/mol. The highest BCUT2D eigenvalue weighted by Gasteiger charge is 2.06. The van der Waals surface area contributed by atoms with Crippen LogP contribution in [0.3, 0.4) is 0 Å². The number of anilines is 1. The molecule has 1 N–H and O–H groups in total. The highest BCUT2D eigenvalue weighted by atomic mass is 16.2. The van der Waals surface area contributed by atoms with Gasteiger partial charge in [0.05, 0.1) is 5.71 Å². The SMILES string of the molecule is C/C(=N\NC(=O)c1ccc(N(C)C)cc1)c1ccc(-c2ccccc2)cc1. The summed E-state index contributed by atoms with van der Waals surface area (Å²) in [6.45, 7) is 1.88. The van der Waals surface area contributed by atoms with Crippen LogP contribution in [0.25, 0.3) is 11.1 Å². The van der Waals surface area contributed by atoms with Crippen molar-refractivity contribution < 1.29 is 4.79 Å². The van der Waals surface area contributed by atoms with Crippen LogP contribution in [0, 0.1) is 0 Å². The molecule has 0 saturated heterocycles. The minimum absolute atomic E-state index is 0.222. The zero-order valence-corrected chi connectivity index (χ0v) is 15.8. The third-order valence-electron chi connectivity index (χ3n) is 4.38. The Morgan fingerprint density at radius 3 is 1.93 bits per heavy atom. The Labute approximate surface area is 160 Å². The second-order valence-corrected chi connectivity index (χ2v) is 6.52. The van der Waals surface area contributed by atoms with Gasteiger partial charge in [-0.3, -0.25) is 4.79 Å². The third kappa shape index (κ3) is 4.61. The van der Waals surface area contributed by atoms with Crippen LogP contribution in [-0.4, -0.2) is 25.7 Å². The third-order valence-corrected chi connectivity index (χ3v) is 4.38. The summed E-state index contributed by atoms with van der Waals surface area (Å²) in [4.78, 5) is 14.3. The molecule has 0 unspecified atom stereocenters. The van der Waals surface area contributed by atoms with Crippen LogP contribution in [0.4, 0.5) is 5.69 Å². The van der Waals surface area contributed by atoms with Crippen molar-refractivity contribution in [2.45, 2.75) is 6.92 Å². The van der Waals surface area contributed by atoms with E-state index in [0.29, 0.717) is 5.56 Å². The van der Waals surface area contributed by atoms with Gasteiger partial charge in [0.25, 0.3) is 5.91 Å². The molecule has 0 bridgehead atoms. The van der Waals surface area contributed by atoms with Crippen LogP contribution >= 0.6 is 0 Å². The summed E-state index contributed by atoms with van der Waals surface area (Å²) >= 11 is 0. The number of hydrazone groups is 1. The number of rotatable bonds is 5. The number of nitrogens with zero attached hydrogens (tertiary/aromatic N) is 2. The molecule has 0 fully saturated rings. The minimum atomic E-state index is -0.222. The highest BCUT2D eigenvalue weighted by molar-refractivity contribution is 6.01. The molecule has 3 aromatic rings. The smallest absolute Gasteiger partial charge is 0.271 e. The van der Waals surface area contributed by atoms with E-state index >= 15 is 0 Å². The summed E-state index contributed by atoms with van der Waals surface area (Å²) in [6.07, 6.45) is 0. The van der Waals surface area contributed by atoms with Crippen molar-refractivity contribution in [1.82, 2.24) is 5.43 Å². The molecule has 3 aromatic carbocycles. The first kappa shape index (κ1) is 18.4. The molecule has 0 aliphatic heterocycles. The first-order valence-electron chi connectivity index (χ1n) is 8.82. The van der Waals surface area contributed by atoms with E-state index in [2.05, 4.69) is 34.8 Å². The molecule has 136 valence electrons. The molecule has 1 amide bonds. The number of benzene rings is 3. The number of nitrogens with one attached hydrogen (secondary N) is 1. The fraction of sp³-hybridized carbons (Fsp3) is 0.130. The van der Waals surface area contributed by atoms with Crippen molar-refractivity contribution in [3.8, 4) is 11.1 Å². The summed E-state index contributed by atoms with van der Waals surface area (Å²) in [6, 6.07) is 25.8. The summed E-state index contributed by atoms with van der Waals surface area (Å²) < 4.78 is 0. The Balaban J connectivity index is 1.67. The predicted molar refractivity (Wildman–Crippen MR) is 112 cm³/mol. The molecule has 3 rings (SSSR count). The molecule has 0 saturated carbocycles. The quantitative estimate of drug-likeness (QED) is 0.537. The maximum absolute atomic E-state index is 12.3. The number of amides is 1. The summed E-state index contributed by atoms with van der Waals surface area (Å²) in [5.74, 6) is -0.222. The van der Waals surface area contributed by atoms with E-state index < -0.39 is 0 Å². The van der Waals surface area contributed by atoms with Gasteiger partial charge in [0.1, 0.15) is 0 Å². The Morgan fingerprint density at radius 1 is 0.778 bits per heavy atom. The van der Waals surface area contributed by atoms with Gasteiger partial charge >= 0.3 is 0 Å². The van der Waals surface area contributed by atoms with E-state index in [-0.39, 0.29) is 5.91 Å². The lowest BCUT2D eigenvalue weighted by Gasteiger charge is -2.12. The van der Waals surface area contributed by atoms with Crippen LogP contribution in [-0.2, 0) is 0 Å². The Kier molecular flexibility index (Phi) is 5.67. The second kappa shape index (κ2) is 8.32. The van der Waals surface area contributed by atoms with Crippen molar-refractivity contribution in [1.29, 1.82) is 0 Å². The van der Waals surface area contributed by atoms with Crippen molar-refractivity contribution in [2.75, 3.05) is 19.0 Å². The van der Waals surface area contributed by atoms with Crippen molar-refractivity contribution in [2.24, 2.45) is 5.10 Å². The number of hydrogen-bond donors (Lipinski definition) is 1. The lowest BCUT2D eigenvalue weighted by molar-refractivity contribution is 0.0955. The maximum atomic E-state index is 12.3. The zero-order chi connectivity index (χ0) is 19.2. The zero-order valence-electron chi connectivity index (χ0n) is 15.8. The van der Waals surface area contributed by atoms with E-state index in [1.165, 1.54) is 5.56 Å². The lowest BCUT2D eigenvalue weighted by Crippen LogP contribution is -2.19. The van der Waals surface area contributed by atoms with Crippen LogP contribution in [0.1, 0.15) is 22.8 Å². The Bertz CT molecular complexity index is 928. The molecule has 0 aliphatic rings. The van der Waals surface area contributed by atoms with E-state index in [4.69, 9.17) is 0 Å². The number of carbonyl (C=O) groups is 1. The molecule has 4 nitrogen and oxygen atoms in total. The molecule has 0 atom stereocenters. The largest absolute Gasteiger partial charge is 0.378 e. The Hall–Kier alpha value is -3.40. The second-order valence-electron chi connectivity index (χ2n) is 6.52. The molecule has 0 heterocycles. The van der Waals surface area contributed by atoms with E-state index in [1.54, 1.807) is 12.1 Å². The van der Waals surface area contributed by atoms with Crippen molar-refractivity contribution >= 4 is 17.3 Å². The predicted octanol–water partition coefficient (Wildman–Crippen LogP) is 4.57. The lowest BCUT2D eigenvalue weighted by atomic mass is 10.0. The number of carbonyl (C=O) groups excluding carboxylic acids is 1. The average molecular weight is 357 g/mol. The highest BCUT2D eigenvalue weighted by Crippen LogP contribution is 2.19. The van der Waals surface area contributed by atoms with Gasteiger partial charge < -0.3 is 4.90 Å². The average Bonchev–Trinajstić information content (AvgIpc) is 2.72. The molecule has 0 aromatic heterocycles. The van der Waals surface area contributed by atoms with Gasteiger partial charge in [-0.25, -0.2) is 5.43 Å². The summed E-state index contributed by atoms with van der Waals surface area (Å²) in [5.41, 5.74) is 8.31. The van der Waals surface area contributed by atoms with Crippen LogP contribution < -0.4 is 10.3 Å². The van der Waals surface area contributed by atoms with Gasteiger partial charge in [0, 0.05) is 25.3 Å². The van der Waals surface area contributed by atoms with Crippen LogP contribution in [0.15, 0.2) is 84.0 Å². The molecule has 4 heteroatoms. The van der Waals surface area contributed by atoms with Crippen molar-refractivity contribution in [3.05, 3.63) is 90.0 Å². The first-order chi connectivity index (χ1) is 13.0.